The van der Waals surface area contributed by atoms with Crippen molar-refractivity contribution in [1.29, 1.82) is 0 Å². The molecule has 0 saturated heterocycles. The molecule has 0 amide bonds. The van der Waals surface area contributed by atoms with Gasteiger partial charge in [-0.15, -0.1) is 0 Å². The van der Waals surface area contributed by atoms with Crippen molar-refractivity contribution in [2.24, 2.45) is 4.99 Å². The lowest BCUT2D eigenvalue weighted by Gasteiger charge is -2.00. The van der Waals surface area contributed by atoms with E-state index >= 15 is 0 Å². The second-order valence-corrected chi connectivity index (χ2v) is 4.57. The van der Waals surface area contributed by atoms with Gasteiger partial charge in [0.25, 0.3) is 0 Å². The number of H-pyrrole nitrogens is 1. The molecule has 0 saturated carbocycles. The monoisotopic (exact) mass is 294 g/mol. The lowest BCUT2D eigenvalue weighted by Crippen LogP contribution is -2.15. The van der Waals surface area contributed by atoms with Crippen LogP contribution in [0.4, 0.5) is 0 Å². The van der Waals surface area contributed by atoms with Crippen LogP contribution in [-0.2, 0) is 11.2 Å². The van der Waals surface area contributed by atoms with E-state index in [9.17, 15) is 4.79 Å². The van der Waals surface area contributed by atoms with Crippen LogP contribution in [0.25, 0.3) is 10.9 Å². The van der Waals surface area contributed by atoms with E-state index in [0.29, 0.717) is 6.42 Å². The van der Waals surface area contributed by atoms with Gasteiger partial charge >= 0.3 is 5.97 Å². The third-order valence-electron chi connectivity index (χ3n) is 2.60. The SMILES string of the molecule is CN=C(Cc1c[nH]c2ccc(Br)cc12)C(=O)O. The molecule has 2 N–H and O–H groups in total. The molecule has 1 heterocycles. The molecule has 2 rings (SSSR count). The highest BCUT2D eigenvalue weighted by Crippen LogP contribution is 2.23. The van der Waals surface area contributed by atoms with E-state index in [4.69, 9.17) is 5.11 Å². The van der Waals surface area contributed by atoms with Gasteiger partial charge in [-0.3, -0.25) is 4.99 Å². The van der Waals surface area contributed by atoms with E-state index in [1.54, 1.807) is 0 Å². The molecule has 17 heavy (non-hydrogen) atoms. The number of hydrogen-bond donors (Lipinski definition) is 2. The molecular formula is C12H11BrN2O2. The molecule has 5 heteroatoms. The van der Waals surface area contributed by atoms with Crippen LogP contribution in [0.5, 0.6) is 0 Å². The first kappa shape index (κ1) is 11.9. The largest absolute Gasteiger partial charge is 0.477 e. The zero-order chi connectivity index (χ0) is 12.4. The van der Waals surface area contributed by atoms with Gasteiger partial charge in [-0.25, -0.2) is 4.79 Å². The number of aromatic amines is 1. The maximum Gasteiger partial charge on any atom is 0.350 e. The molecule has 0 aliphatic rings. The van der Waals surface area contributed by atoms with Crippen LogP contribution in [0.15, 0.2) is 33.9 Å². The lowest BCUT2D eigenvalue weighted by atomic mass is 10.1. The summed E-state index contributed by atoms with van der Waals surface area (Å²) >= 11 is 3.40. The summed E-state index contributed by atoms with van der Waals surface area (Å²) in [5.41, 5.74) is 2.08. The Morgan fingerprint density at radius 1 is 1.53 bits per heavy atom. The summed E-state index contributed by atoms with van der Waals surface area (Å²) in [6.45, 7) is 0. The lowest BCUT2D eigenvalue weighted by molar-refractivity contribution is -0.129. The van der Waals surface area contributed by atoms with E-state index in [1.807, 2.05) is 24.4 Å². The molecule has 0 radical (unpaired) electrons. The van der Waals surface area contributed by atoms with Crippen molar-refractivity contribution < 1.29 is 9.90 Å². The number of carboxylic acid groups (broad SMARTS) is 1. The average molecular weight is 295 g/mol. The van der Waals surface area contributed by atoms with Gasteiger partial charge in [-0.2, -0.15) is 0 Å². The van der Waals surface area contributed by atoms with Crippen molar-refractivity contribution in [1.82, 2.24) is 4.98 Å². The van der Waals surface area contributed by atoms with Crippen LogP contribution in [0, 0.1) is 0 Å². The normalized spacial score (nSPS) is 12.0. The van der Waals surface area contributed by atoms with Crippen molar-refractivity contribution in [3.8, 4) is 0 Å². The van der Waals surface area contributed by atoms with Gasteiger partial charge in [-0.05, 0) is 23.8 Å². The number of benzene rings is 1. The van der Waals surface area contributed by atoms with E-state index in [0.717, 1.165) is 20.9 Å². The Labute approximate surface area is 107 Å². The van der Waals surface area contributed by atoms with Gasteiger partial charge in [0.1, 0.15) is 5.71 Å². The quantitative estimate of drug-likeness (QED) is 0.855. The number of aliphatic imine (C=N–C) groups is 1. The average Bonchev–Trinajstić information content (AvgIpc) is 2.68. The molecular weight excluding hydrogens is 284 g/mol. The van der Waals surface area contributed by atoms with Gasteiger partial charge in [0.15, 0.2) is 0 Å². The first-order valence-corrected chi connectivity index (χ1v) is 5.85. The van der Waals surface area contributed by atoms with E-state index in [2.05, 4.69) is 25.9 Å². The number of carboxylic acids is 1. The minimum absolute atomic E-state index is 0.158. The molecule has 0 atom stereocenters. The van der Waals surface area contributed by atoms with Gasteiger partial charge in [0, 0.05) is 35.0 Å². The summed E-state index contributed by atoms with van der Waals surface area (Å²) in [6.07, 6.45) is 2.15. The van der Waals surface area contributed by atoms with Crippen molar-refractivity contribution in [2.45, 2.75) is 6.42 Å². The Morgan fingerprint density at radius 3 is 2.94 bits per heavy atom. The predicted octanol–water partition coefficient (Wildman–Crippen LogP) is 2.63. The fourth-order valence-corrected chi connectivity index (χ4v) is 2.09. The molecule has 1 aromatic heterocycles. The van der Waals surface area contributed by atoms with Crippen molar-refractivity contribution >= 4 is 38.5 Å². The first-order chi connectivity index (χ1) is 8.11. The van der Waals surface area contributed by atoms with Crippen LogP contribution in [0.1, 0.15) is 5.56 Å². The third kappa shape index (κ3) is 2.39. The molecule has 0 unspecified atom stereocenters. The number of aliphatic carboxylic acids is 1. The Bertz CT molecular complexity index is 602. The Balaban J connectivity index is 2.43. The van der Waals surface area contributed by atoms with Crippen molar-refractivity contribution in [2.75, 3.05) is 7.05 Å². The highest BCUT2D eigenvalue weighted by Gasteiger charge is 2.12. The first-order valence-electron chi connectivity index (χ1n) is 5.06. The fraction of sp³-hybridized carbons (Fsp3) is 0.167. The van der Waals surface area contributed by atoms with Gasteiger partial charge < -0.3 is 10.1 Å². The highest BCUT2D eigenvalue weighted by atomic mass is 79.9. The number of nitrogens with zero attached hydrogens (tertiary/aromatic N) is 1. The minimum Gasteiger partial charge on any atom is -0.477 e. The second-order valence-electron chi connectivity index (χ2n) is 3.66. The molecule has 2 aromatic rings. The zero-order valence-corrected chi connectivity index (χ0v) is 10.8. The number of hydrogen-bond acceptors (Lipinski definition) is 2. The van der Waals surface area contributed by atoms with Crippen molar-refractivity contribution in [3.63, 3.8) is 0 Å². The Hall–Kier alpha value is -1.62. The van der Waals surface area contributed by atoms with E-state index in [-0.39, 0.29) is 5.71 Å². The minimum atomic E-state index is -0.975. The molecule has 88 valence electrons. The summed E-state index contributed by atoms with van der Waals surface area (Å²) < 4.78 is 0.969. The van der Waals surface area contributed by atoms with E-state index in [1.165, 1.54) is 7.05 Å². The summed E-state index contributed by atoms with van der Waals surface area (Å²) in [4.78, 5) is 17.8. The summed E-state index contributed by atoms with van der Waals surface area (Å²) in [5, 5.41) is 9.96. The molecule has 0 spiro atoms. The maximum atomic E-state index is 10.9. The third-order valence-corrected chi connectivity index (χ3v) is 3.10. The summed E-state index contributed by atoms with van der Waals surface area (Å²) in [6, 6.07) is 5.86. The second kappa shape index (κ2) is 4.71. The fourth-order valence-electron chi connectivity index (χ4n) is 1.73. The number of rotatable bonds is 3. The summed E-state index contributed by atoms with van der Waals surface area (Å²) in [5.74, 6) is -0.975. The zero-order valence-electron chi connectivity index (χ0n) is 9.20. The number of aromatic nitrogens is 1. The van der Waals surface area contributed by atoms with Gasteiger partial charge in [0.2, 0.25) is 0 Å². The number of carbonyl (C=O) groups is 1. The molecule has 4 nitrogen and oxygen atoms in total. The smallest absolute Gasteiger partial charge is 0.350 e. The molecule has 0 bridgehead atoms. The number of fused-ring (bicyclic) bond motifs is 1. The standard InChI is InChI=1S/C12H11BrN2O2/c1-14-11(12(16)17)4-7-6-15-10-3-2-8(13)5-9(7)10/h2-3,5-6,15H,4H2,1H3,(H,16,17). The Kier molecular flexibility index (Phi) is 3.28. The number of nitrogens with one attached hydrogen (secondary N) is 1. The molecule has 0 fully saturated rings. The number of halogens is 1. The van der Waals surface area contributed by atoms with Crippen LogP contribution < -0.4 is 0 Å². The molecule has 0 aliphatic heterocycles. The van der Waals surface area contributed by atoms with Gasteiger partial charge in [0.05, 0.1) is 0 Å². The maximum absolute atomic E-state index is 10.9. The van der Waals surface area contributed by atoms with Crippen LogP contribution >= 0.6 is 15.9 Å². The van der Waals surface area contributed by atoms with Gasteiger partial charge in [-0.1, -0.05) is 15.9 Å². The van der Waals surface area contributed by atoms with Crippen LogP contribution in [0.2, 0.25) is 0 Å². The van der Waals surface area contributed by atoms with Crippen molar-refractivity contribution in [3.05, 3.63) is 34.4 Å². The highest BCUT2D eigenvalue weighted by molar-refractivity contribution is 9.10. The molecule has 1 aromatic carbocycles. The van der Waals surface area contributed by atoms with Crippen LogP contribution in [0.3, 0.4) is 0 Å². The van der Waals surface area contributed by atoms with Crippen LogP contribution in [-0.4, -0.2) is 28.8 Å². The molecule has 0 aliphatic carbocycles. The Morgan fingerprint density at radius 2 is 2.29 bits per heavy atom. The topological polar surface area (TPSA) is 65.5 Å². The summed E-state index contributed by atoms with van der Waals surface area (Å²) in [7, 11) is 1.49. The van der Waals surface area contributed by atoms with E-state index < -0.39 is 5.97 Å². The predicted molar refractivity (Wildman–Crippen MR) is 70.7 cm³/mol.